The van der Waals surface area contributed by atoms with Crippen molar-refractivity contribution in [1.29, 1.82) is 0 Å². The van der Waals surface area contributed by atoms with Gasteiger partial charge in [0.25, 0.3) is 5.91 Å². The molecule has 0 fully saturated rings. The van der Waals surface area contributed by atoms with E-state index in [-0.39, 0.29) is 17.9 Å². The second-order valence-electron chi connectivity index (χ2n) is 5.48. The zero-order valence-corrected chi connectivity index (χ0v) is 13.6. The van der Waals surface area contributed by atoms with Crippen molar-refractivity contribution < 1.29 is 9.21 Å². The molecule has 3 N–H and O–H groups in total. The summed E-state index contributed by atoms with van der Waals surface area (Å²) in [6, 6.07) is -0.283. The molecular weight excluding hydrogens is 268 g/mol. The summed E-state index contributed by atoms with van der Waals surface area (Å²) in [5.74, 6) is 0.424. The van der Waals surface area contributed by atoms with Crippen molar-refractivity contribution in [3.8, 4) is 0 Å². The van der Waals surface area contributed by atoms with Crippen LogP contribution in [0.3, 0.4) is 0 Å². The van der Waals surface area contributed by atoms with Crippen LogP contribution in [0, 0.1) is 5.92 Å². The summed E-state index contributed by atoms with van der Waals surface area (Å²) in [7, 11) is 0. The van der Waals surface area contributed by atoms with E-state index in [0.29, 0.717) is 18.1 Å². The molecule has 0 spiro atoms. The van der Waals surface area contributed by atoms with Gasteiger partial charge in [0.1, 0.15) is 6.26 Å². The van der Waals surface area contributed by atoms with Crippen LogP contribution in [0.1, 0.15) is 56.5 Å². The Morgan fingerprint density at radius 3 is 2.67 bits per heavy atom. The minimum atomic E-state index is -0.283. The number of nitrogens with two attached hydrogens (primary N) is 1. The molecule has 0 saturated carbocycles. The van der Waals surface area contributed by atoms with E-state index < -0.39 is 0 Å². The molecule has 1 unspecified atom stereocenters. The Hall–Kier alpha value is -1.40. The first-order chi connectivity index (χ1) is 9.99. The quantitative estimate of drug-likeness (QED) is 0.679. The number of nitrogens with zero attached hydrogens (tertiary/aromatic N) is 2. The maximum absolute atomic E-state index is 11.9. The van der Waals surface area contributed by atoms with Crippen molar-refractivity contribution in [2.75, 3.05) is 26.2 Å². The fraction of sp³-hybridized carbons (Fsp3) is 0.733. The average Bonchev–Trinajstić information content (AvgIpc) is 2.96. The Bertz CT molecular complexity index is 427. The van der Waals surface area contributed by atoms with E-state index in [1.54, 1.807) is 0 Å². The second kappa shape index (κ2) is 8.79. The first-order valence-electron chi connectivity index (χ1n) is 7.71. The molecule has 0 aliphatic carbocycles. The zero-order valence-electron chi connectivity index (χ0n) is 13.6. The lowest BCUT2D eigenvalue weighted by Gasteiger charge is -2.17. The molecule has 6 heteroatoms. The molecule has 0 aromatic carbocycles. The monoisotopic (exact) mass is 296 g/mol. The lowest BCUT2D eigenvalue weighted by atomic mass is 10.1. The van der Waals surface area contributed by atoms with Gasteiger partial charge in [0, 0.05) is 6.54 Å². The lowest BCUT2D eigenvalue weighted by Crippen LogP contribution is -2.30. The molecule has 0 aliphatic rings. The molecule has 1 heterocycles. The van der Waals surface area contributed by atoms with Gasteiger partial charge in [-0.05, 0) is 32.0 Å². The van der Waals surface area contributed by atoms with Gasteiger partial charge >= 0.3 is 0 Å². The van der Waals surface area contributed by atoms with E-state index in [1.165, 1.54) is 6.26 Å². The highest BCUT2D eigenvalue weighted by molar-refractivity contribution is 5.91. The van der Waals surface area contributed by atoms with Gasteiger partial charge in [-0.1, -0.05) is 27.7 Å². The van der Waals surface area contributed by atoms with Crippen molar-refractivity contribution in [2.24, 2.45) is 11.7 Å². The number of amides is 1. The normalized spacial score (nSPS) is 12.9. The minimum absolute atomic E-state index is 0.208. The summed E-state index contributed by atoms with van der Waals surface area (Å²) >= 11 is 0. The third-order valence-corrected chi connectivity index (χ3v) is 3.59. The van der Waals surface area contributed by atoms with Crippen molar-refractivity contribution in [3.05, 3.63) is 17.8 Å². The van der Waals surface area contributed by atoms with E-state index in [2.05, 4.69) is 29.0 Å². The van der Waals surface area contributed by atoms with E-state index >= 15 is 0 Å². The highest BCUT2D eigenvalue weighted by Gasteiger charge is 2.19. The number of carbonyl (C=O) groups excluding carboxylic acids is 1. The Morgan fingerprint density at radius 2 is 2.10 bits per heavy atom. The number of hydrogen-bond acceptors (Lipinski definition) is 5. The zero-order chi connectivity index (χ0) is 15.8. The Morgan fingerprint density at radius 1 is 1.43 bits per heavy atom. The van der Waals surface area contributed by atoms with Gasteiger partial charge in [-0.25, -0.2) is 4.98 Å². The summed E-state index contributed by atoms with van der Waals surface area (Å²) in [6.45, 7) is 11.9. The molecule has 1 aromatic heterocycles. The number of rotatable bonds is 9. The maximum atomic E-state index is 11.9. The number of nitrogens with one attached hydrogen (secondary N) is 1. The first kappa shape index (κ1) is 17.7. The van der Waals surface area contributed by atoms with Gasteiger partial charge in [0.05, 0.1) is 6.04 Å². The molecule has 1 amide bonds. The van der Waals surface area contributed by atoms with Crippen LogP contribution in [-0.4, -0.2) is 42.0 Å². The van der Waals surface area contributed by atoms with E-state index in [1.807, 2.05) is 13.8 Å². The third-order valence-electron chi connectivity index (χ3n) is 3.59. The van der Waals surface area contributed by atoms with E-state index in [4.69, 9.17) is 10.2 Å². The van der Waals surface area contributed by atoms with Crippen LogP contribution in [0.25, 0.3) is 0 Å². The number of hydrogen-bond donors (Lipinski definition) is 2. The standard InChI is InChI=1S/C15H28N4O2/c1-5-19(6-2)9-7-8-17-14(20)12-10-21-15(18-12)13(16)11(3)4/h10-11,13H,5-9,16H2,1-4H3,(H,17,20). The van der Waals surface area contributed by atoms with Crippen LogP contribution in [-0.2, 0) is 0 Å². The highest BCUT2D eigenvalue weighted by atomic mass is 16.3. The summed E-state index contributed by atoms with van der Waals surface area (Å²) in [5.41, 5.74) is 6.24. The van der Waals surface area contributed by atoms with Crippen LogP contribution in [0.2, 0.25) is 0 Å². The Balaban J connectivity index is 2.39. The first-order valence-corrected chi connectivity index (χ1v) is 7.71. The number of oxazole rings is 1. The Kier molecular flexibility index (Phi) is 7.39. The van der Waals surface area contributed by atoms with Crippen LogP contribution in [0.15, 0.2) is 10.7 Å². The van der Waals surface area contributed by atoms with E-state index in [0.717, 1.165) is 26.1 Å². The van der Waals surface area contributed by atoms with Gasteiger partial charge in [-0.15, -0.1) is 0 Å². The predicted molar refractivity (Wildman–Crippen MR) is 83.0 cm³/mol. The average molecular weight is 296 g/mol. The molecule has 0 radical (unpaired) electrons. The molecule has 0 aliphatic heterocycles. The summed E-state index contributed by atoms with van der Waals surface area (Å²) in [4.78, 5) is 18.4. The van der Waals surface area contributed by atoms with Crippen LogP contribution in [0.5, 0.6) is 0 Å². The van der Waals surface area contributed by atoms with E-state index in [9.17, 15) is 4.79 Å². The van der Waals surface area contributed by atoms with Gasteiger partial charge in [0.15, 0.2) is 5.69 Å². The molecule has 6 nitrogen and oxygen atoms in total. The van der Waals surface area contributed by atoms with Gasteiger partial charge in [-0.3, -0.25) is 4.79 Å². The molecule has 0 saturated heterocycles. The SMILES string of the molecule is CCN(CC)CCCNC(=O)c1coc(C(N)C(C)C)n1. The molecule has 21 heavy (non-hydrogen) atoms. The summed E-state index contributed by atoms with van der Waals surface area (Å²) < 4.78 is 5.28. The van der Waals surface area contributed by atoms with Crippen molar-refractivity contribution in [1.82, 2.24) is 15.2 Å². The summed E-state index contributed by atoms with van der Waals surface area (Å²) in [5, 5.41) is 2.86. The fourth-order valence-electron chi connectivity index (χ4n) is 1.97. The van der Waals surface area contributed by atoms with Crippen molar-refractivity contribution in [3.63, 3.8) is 0 Å². The molecule has 1 aromatic rings. The third kappa shape index (κ3) is 5.47. The summed E-state index contributed by atoms with van der Waals surface area (Å²) in [6.07, 6.45) is 2.29. The number of carbonyl (C=O) groups is 1. The Labute approximate surface area is 127 Å². The van der Waals surface area contributed by atoms with Gasteiger partial charge in [0.2, 0.25) is 5.89 Å². The molecule has 1 atom stereocenters. The molecule has 1 rings (SSSR count). The topological polar surface area (TPSA) is 84.4 Å². The highest BCUT2D eigenvalue weighted by Crippen LogP contribution is 2.17. The van der Waals surface area contributed by atoms with Crippen LogP contribution in [0.4, 0.5) is 0 Å². The largest absolute Gasteiger partial charge is 0.446 e. The predicted octanol–water partition coefficient (Wildman–Crippen LogP) is 1.79. The smallest absolute Gasteiger partial charge is 0.273 e. The molecule has 120 valence electrons. The van der Waals surface area contributed by atoms with Crippen LogP contribution >= 0.6 is 0 Å². The van der Waals surface area contributed by atoms with Crippen molar-refractivity contribution >= 4 is 5.91 Å². The number of aromatic nitrogens is 1. The molecular formula is C15H28N4O2. The fourth-order valence-corrected chi connectivity index (χ4v) is 1.97. The van der Waals surface area contributed by atoms with Crippen LogP contribution < -0.4 is 11.1 Å². The van der Waals surface area contributed by atoms with Gasteiger partial charge < -0.3 is 20.4 Å². The minimum Gasteiger partial charge on any atom is -0.446 e. The second-order valence-corrected chi connectivity index (χ2v) is 5.48. The molecule has 0 bridgehead atoms. The lowest BCUT2D eigenvalue weighted by molar-refractivity contribution is 0.0946. The maximum Gasteiger partial charge on any atom is 0.273 e. The van der Waals surface area contributed by atoms with Gasteiger partial charge in [-0.2, -0.15) is 0 Å². The van der Waals surface area contributed by atoms with Crippen molar-refractivity contribution in [2.45, 2.75) is 40.2 Å².